The minimum atomic E-state index is -0.0481. The summed E-state index contributed by atoms with van der Waals surface area (Å²) >= 11 is 7.72. The molecule has 0 radical (unpaired) electrons. The van der Waals surface area contributed by atoms with Crippen molar-refractivity contribution in [3.8, 4) is 22.8 Å². The summed E-state index contributed by atoms with van der Waals surface area (Å²) in [6.07, 6.45) is 0. The first kappa shape index (κ1) is 20.2. The number of rotatable bonds is 8. The van der Waals surface area contributed by atoms with E-state index in [0.717, 1.165) is 17.0 Å². The Morgan fingerprint density at radius 3 is 2.57 bits per heavy atom. The van der Waals surface area contributed by atoms with E-state index in [9.17, 15) is 4.79 Å². The zero-order valence-corrected chi connectivity index (χ0v) is 17.3. The Hall–Kier alpha value is -2.51. The second-order valence-corrected chi connectivity index (χ2v) is 7.14. The number of thioether (sulfide) groups is 1. The van der Waals surface area contributed by atoms with Gasteiger partial charge in [0, 0.05) is 17.8 Å². The Bertz CT molecular complexity index is 944. The van der Waals surface area contributed by atoms with Crippen LogP contribution < -0.4 is 10.1 Å². The van der Waals surface area contributed by atoms with E-state index in [1.54, 1.807) is 0 Å². The summed E-state index contributed by atoms with van der Waals surface area (Å²) < 4.78 is 7.43. The van der Waals surface area contributed by atoms with Crippen molar-refractivity contribution in [3.63, 3.8) is 0 Å². The van der Waals surface area contributed by atoms with Crippen LogP contribution in [0, 0.1) is 0 Å². The summed E-state index contributed by atoms with van der Waals surface area (Å²) in [6, 6.07) is 15.1. The minimum absolute atomic E-state index is 0.0481. The average Bonchev–Trinajstić information content (AvgIpc) is 3.11. The van der Waals surface area contributed by atoms with Crippen molar-refractivity contribution in [2.75, 3.05) is 18.9 Å². The summed E-state index contributed by atoms with van der Waals surface area (Å²) in [5.41, 5.74) is 1.64. The van der Waals surface area contributed by atoms with Gasteiger partial charge in [0.2, 0.25) is 5.91 Å². The highest BCUT2D eigenvalue weighted by molar-refractivity contribution is 7.99. The van der Waals surface area contributed by atoms with E-state index in [2.05, 4.69) is 15.5 Å². The third kappa shape index (κ3) is 4.66. The van der Waals surface area contributed by atoms with E-state index >= 15 is 0 Å². The van der Waals surface area contributed by atoms with Gasteiger partial charge in [-0.25, -0.2) is 0 Å². The molecule has 2 aromatic carbocycles. The molecule has 0 aliphatic rings. The number of hydrogen-bond donors (Lipinski definition) is 1. The smallest absolute Gasteiger partial charge is 0.230 e. The fourth-order valence-electron chi connectivity index (χ4n) is 2.65. The summed E-state index contributed by atoms with van der Waals surface area (Å²) in [7, 11) is 0. The fraction of sp³-hybridized carbons (Fsp3) is 0.250. The molecule has 3 rings (SSSR count). The monoisotopic (exact) mass is 416 g/mol. The number of amides is 1. The van der Waals surface area contributed by atoms with Gasteiger partial charge in [0.15, 0.2) is 11.0 Å². The van der Waals surface area contributed by atoms with E-state index in [-0.39, 0.29) is 11.7 Å². The van der Waals surface area contributed by atoms with E-state index in [1.807, 2.05) is 66.9 Å². The van der Waals surface area contributed by atoms with Crippen molar-refractivity contribution in [1.82, 2.24) is 20.1 Å². The normalized spacial score (nSPS) is 10.7. The molecular formula is C20H21ClN4O2S. The highest BCUT2D eigenvalue weighted by Gasteiger charge is 2.19. The molecule has 0 fully saturated rings. The van der Waals surface area contributed by atoms with Crippen molar-refractivity contribution >= 4 is 29.3 Å². The molecule has 0 atom stereocenters. The van der Waals surface area contributed by atoms with E-state index < -0.39 is 0 Å². The van der Waals surface area contributed by atoms with Gasteiger partial charge < -0.3 is 10.1 Å². The van der Waals surface area contributed by atoms with E-state index in [1.165, 1.54) is 11.8 Å². The standard InChI is InChI=1S/C20H21ClN4O2S/c1-3-22-18(26)13-28-20-24-23-19(16-7-5-6-8-17(16)21)25(20)14-9-11-15(12-10-14)27-4-2/h5-12H,3-4,13H2,1-2H3,(H,22,26). The van der Waals surface area contributed by atoms with Crippen LogP contribution in [0.5, 0.6) is 5.75 Å². The van der Waals surface area contributed by atoms with Crippen molar-refractivity contribution in [2.24, 2.45) is 0 Å². The zero-order valence-electron chi connectivity index (χ0n) is 15.7. The molecule has 1 N–H and O–H groups in total. The van der Waals surface area contributed by atoms with Crippen LogP contribution in [0.3, 0.4) is 0 Å². The number of carbonyl (C=O) groups excluding carboxylic acids is 1. The molecule has 1 heterocycles. The van der Waals surface area contributed by atoms with Crippen LogP contribution in [0.15, 0.2) is 53.7 Å². The van der Waals surface area contributed by atoms with Gasteiger partial charge in [0.1, 0.15) is 5.75 Å². The van der Waals surface area contributed by atoms with Crippen molar-refractivity contribution < 1.29 is 9.53 Å². The number of hydrogen-bond acceptors (Lipinski definition) is 5. The van der Waals surface area contributed by atoms with E-state index in [0.29, 0.717) is 29.2 Å². The topological polar surface area (TPSA) is 69.0 Å². The fourth-order valence-corrected chi connectivity index (χ4v) is 3.65. The summed E-state index contributed by atoms with van der Waals surface area (Å²) in [6.45, 7) is 5.03. The molecule has 1 aromatic heterocycles. The molecule has 146 valence electrons. The molecule has 6 nitrogen and oxygen atoms in total. The van der Waals surface area contributed by atoms with Gasteiger partial charge >= 0.3 is 0 Å². The second-order valence-electron chi connectivity index (χ2n) is 5.79. The quantitative estimate of drug-likeness (QED) is 0.557. The van der Waals surface area contributed by atoms with Gasteiger partial charge in [-0.15, -0.1) is 10.2 Å². The third-order valence-corrected chi connectivity index (χ3v) is 5.12. The number of nitrogens with one attached hydrogen (secondary N) is 1. The first-order valence-electron chi connectivity index (χ1n) is 8.97. The third-order valence-electron chi connectivity index (χ3n) is 3.86. The summed E-state index contributed by atoms with van der Waals surface area (Å²) in [5.74, 6) is 1.61. The molecule has 3 aromatic rings. The average molecular weight is 417 g/mol. The Kier molecular flexibility index (Phi) is 6.95. The van der Waals surface area contributed by atoms with Crippen LogP contribution in [0.25, 0.3) is 17.1 Å². The van der Waals surface area contributed by atoms with Crippen LogP contribution >= 0.6 is 23.4 Å². The molecule has 0 aliphatic carbocycles. The Morgan fingerprint density at radius 2 is 1.89 bits per heavy atom. The first-order chi connectivity index (χ1) is 13.6. The van der Waals surface area contributed by atoms with Gasteiger partial charge in [0.25, 0.3) is 0 Å². The van der Waals surface area contributed by atoms with Crippen LogP contribution in [-0.4, -0.2) is 39.6 Å². The molecule has 0 saturated carbocycles. The highest BCUT2D eigenvalue weighted by Crippen LogP contribution is 2.32. The lowest BCUT2D eigenvalue weighted by atomic mass is 10.2. The lowest BCUT2D eigenvalue weighted by Crippen LogP contribution is -2.24. The molecule has 0 spiro atoms. The molecule has 28 heavy (non-hydrogen) atoms. The summed E-state index contributed by atoms with van der Waals surface area (Å²) in [4.78, 5) is 11.9. The largest absolute Gasteiger partial charge is 0.494 e. The van der Waals surface area contributed by atoms with Gasteiger partial charge in [0.05, 0.1) is 17.4 Å². The minimum Gasteiger partial charge on any atom is -0.494 e. The Morgan fingerprint density at radius 1 is 1.14 bits per heavy atom. The predicted molar refractivity (Wildman–Crippen MR) is 112 cm³/mol. The predicted octanol–water partition coefficient (Wildman–Crippen LogP) is 4.21. The molecule has 0 saturated heterocycles. The molecule has 8 heteroatoms. The highest BCUT2D eigenvalue weighted by atomic mass is 35.5. The molecule has 0 unspecified atom stereocenters. The number of nitrogens with zero attached hydrogens (tertiary/aromatic N) is 3. The maximum atomic E-state index is 11.9. The van der Waals surface area contributed by atoms with Gasteiger partial charge in [-0.1, -0.05) is 35.5 Å². The zero-order chi connectivity index (χ0) is 19.9. The number of aromatic nitrogens is 3. The molecule has 1 amide bonds. The maximum absolute atomic E-state index is 11.9. The van der Waals surface area contributed by atoms with Crippen LogP contribution in [0.4, 0.5) is 0 Å². The summed E-state index contributed by atoms with van der Waals surface area (Å²) in [5, 5.41) is 12.6. The SMILES string of the molecule is CCNC(=O)CSc1nnc(-c2ccccc2Cl)n1-c1ccc(OCC)cc1. The molecule has 0 aliphatic heterocycles. The second kappa shape index (κ2) is 9.61. The maximum Gasteiger partial charge on any atom is 0.230 e. The molecular weight excluding hydrogens is 396 g/mol. The lowest BCUT2D eigenvalue weighted by Gasteiger charge is -2.12. The number of halogens is 1. The first-order valence-corrected chi connectivity index (χ1v) is 10.3. The Balaban J connectivity index is 2.01. The van der Waals surface area contributed by atoms with Crippen molar-refractivity contribution in [1.29, 1.82) is 0 Å². The number of benzene rings is 2. The van der Waals surface area contributed by atoms with Crippen LogP contribution in [0.2, 0.25) is 5.02 Å². The van der Waals surface area contributed by atoms with Gasteiger partial charge in [-0.2, -0.15) is 0 Å². The van der Waals surface area contributed by atoms with Crippen molar-refractivity contribution in [3.05, 3.63) is 53.6 Å². The van der Waals surface area contributed by atoms with E-state index in [4.69, 9.17) is 16.3 Å². The van der Waals surface area contributed by atoms with Gasteiger partial charge in [-0.3, -0.25) is 9.36 Å². The molecule has 0 bridgehead atoms. The lowest BCUT2D eigenvalue weighted by molar-refractivity contribution is -0.118. The van der Waals surface area contributed by atoms with Crippen molar-refractivity contribution in [2.45, 2.75) is 19.0 Å². The Labute approximate surface area is 173 Å². The number of carbonyl (C=O) groups is 1. The van der Waals surface area contributed by atoms with Gasteiger partial charge in [-0.05, 0) is 50.2 Å². The van der Waals surface area contributed by atoms with Crippen LogP contribution in [0.1, 0.15) is 13.8 Å². The number of ether oxygens (including phenoxy) is 1. The van der Waals surface area contributed by atoms with Crippen LogP contribution in [-0.2, 0) is 4.79 Å².